The van der Waals surface area contributed by atoms with E-state index in [1.807, 2.05) is 44.4 Å². The van der Waals surface area contributed by atoms with Crippen LogP contribution in [0.3, 0.4) is 0 Å². The molecule has 7 heteroatoms. The summed E-state index contributed by atoms with van der Waals surface area (Å²) in [6, 6.07) is 14.2. The van der Waals surface area contributed by atoms with Crippen molar-refractivity contribution in [3.8, 4) is 5.75 Å². The largest absolute Gasteiger partial charge is 0.506 e. The molecule has 0 amide bonds. The Labute approximate surface area is 172 Å². The van der Waals surface area contributed by atoms with Crippen molar-refractivity contribution in [3.63, 3.8) is 0 Å². The highest BCUT2D eigenvalue weighted by Crippen LogP contribution is 2.27. The second-order valence-corrected chi connectivity index (χ2v) is 7.42. The van der Waals surface area contributed by atoms with Crippen molar-refractivity contribution in [2.75, 3.05) is 58.8 Å². The zero-order valence-electron chi connectivity index (χ0n) is 17.3. The minimum absolute atomic E-state index is 0.106. The Morgan fingerprint density at radius 1 is 1.10 bits per heavy atom. The van der Waals surface area contributed by atoms with Gasteiger partial charge in [-0.1, -0.05) is 24.3 Å². The van der Waals surface area contributed by atoms with E-state index in [4.69, 9.17) is 0 Å². The van der Waals surface area contributed by atoms with Crippen LogP contribution >= 0.6 is 0 Å². The summed E-state index contributed by atoms with van der Waals surface area (Å²) >= 11 is 0. The maximum absolute atomic E-state index is 13.3. The van der Waals surface area contributed by atoms with Gasteiger partial charge in [-0.15, -0.1) is 0 Å². The fourth-order valence-corrected chi connectivity index (χ4v) is 3.69. The molecule has 2 N–H and O–H groups in total. The van der Waals surface area contributed by atoms with Gasteiger partial charge in [0.2, 0.25) is 0 Å². The van der Waals surface area contributed by atoms with Gasteiger partial charge in [0.15, 0.2) is 5.96 Å². The van der Waals surface area contributed by atoms with Crippen LogP contribution in [0.1, 0.15) is 11.6 Å². The Kier molecular flexibility index (Phi) is 6.93. The molecule has 1 aliphatic rings. The first-order valence-electron chi connectivity index (χ1n) is 9.90. The number of benzene rings is 2. The lowest BCUT2D eigenvalue weighted by atomic mass is 10.1. The van der Waals surface area contributed by atoms with Crippen molar-refractivity contribution in [2.45, 2.75) is 6.04 Å². The maximum atomic E-state index is 13.3. The second-order valence-electron chi connectivity index (χ2n) is 7.42. The zero-order valence-corrected chi connectivity index (χ0v) is 17.3. The van der Waals surface area contributed by atoms with Crippen molar-refractivity contribution in [1.82, 2.24) is 15.1 Å². The number of anilines is 1. The highest BCUT2D eigenvalue weighted by Gasteiger charge is 2.22. The third kappa shape index (κ3) is 5.17. The van der Waals surface area contributed by atoms with Gasteiger partial charge in [0.25, 0.3) is 0 Å². The van der Waals surface area contributed by atoms with Crippen LogP contribution in [0.15, 0.2) is 53.5 Å². The number of phenols is 1. The summed E-state index contributed by atoms with van der Waals surface area (Å²) < 4.78 is 13.3. The molecule has 0 spiro atoms. The lowest BCUT2D eigenvalue weighted by molar-refractivity contribution is 0.292. The van der Waals surface area contributed by atoms with Crippen molar-refractivity contribution >= 4 is 11.6 Å². The normalized spacial score (nSPS) is 16.2. The van der Waals surface area contributed by atoms with E-state index in [2.05, 4.69) is 25.0 Å². The number of guanidine groups is 1. The van der Waals surface area contributed by atoms with E-state index in [1.54, 1.807) is 13.1 Å². The standard InChI is InChI=1S/C22H30FN5O/c1-24-22(25-16-20(26(2)3)17-8-10-18(23)11-9-17)28-14-12-27(13-15-28)19-6-4-5-7-21(19)29/h4-11,20,29H,12-16H2,1-3H3,(H,24,25). The van der Waals surface area contributed by atoms with E-state index in [1.165, 1.54) is 12.1 Å². The molecule has 1 fully saturated rings. The predicted molar refractivity (Wildman–Crippen MR) is 116 cm³/mol. The highest BCUT2D eigenvalue weighted by atomic mass is 19.1. The Morgan fingerprint density at radius 3 is 2.34 bits per heavy atom. The van der Waals surface area contributed by atoms with E-state index in [0.29, 0.717) is 12.3 Å². The van der Waals surface area contributed by atoms with E-state index in [-0.39, 0.29) is 11.9 Å². The molecule has 0 bridgehead atoms. The lowest BCUT2D eigenvalue weighted by Gasteiger charge is -2.38. The maximum Gasteiger partial charge on any atom is 0.193 e. The van der Waals surface area contributed by atoms with Crippen LogP contribution in [0.5, 0.6) is 5.75 Å². The number of phenolic OH excluding ortho intramolecular Hbond substituents is 1. The van der Waals surface area contributed by atoms with Gasteiger partial charge in [0.05, 0.1) is 11.7 Å². The molecule has 1 heterocycles. The first-order valence-corrected chi connectivity index (χ1v) is 9.90. The number of hydrogen-bond donors (Lipinski definition) is 2. The molecule has 0 aliphatic carbocycles. The summed E-state index contributed by atoms with van der Waals surface area (Å²) in [5, 5.41) is 13.6. The molecule has 0 aromatic heterocycles. The highest BCUT2D eigenvalue weighted by molar-refractivity contribution is 5.80. The van der Waals surface area contributed by atoms with Crippen LogP contribution < -0.4 is 10.2 Å². The molecule has 156 valence electrons. The summed E-state index contributed by atoms with van der Waals surface area (Å²) in [7, 11) is 5.83. The van der Waals surface area contributed by atoms with Crippen LogP contribution in [0.25, 0.3) is 0 Å². The number of halogens is 1. The molecule has 1 aliphatic heterocycles. The predicted octanol–water partition coefficient (Wildman–Crippen LogP) is 2.53. The van der Waals surface area contributed by atoms with E-state index < -0.39 is 0 Å². The minimum Gasteiger partial charge on any atom is -0.506 e. The van der Waals surface area contributed by atoms with Crippen molar-refractivity contribution in [2.24, 2.45) is 4.99 Å². The first-order chi connectivity index (χ1) is 14.0. The van der Waals surface area contributed by atoms with E-state index in [9.17, 15) is 9.50 Å². The monoisotopic (exact) mass is 399 g/mol. The van der Waals surface area contributed by atoms with Crippen LogP contribution in [-0.4, -0.2) is 74.7 Å². The van der Waals surface area contributed by atoms with Crippen molar-refractivity contribution in [3.05, 3.63) is 59.9 Å². The Morgan fingerprint density at radius 2 is 1.76 bits per heavy atom. The fraction of sp³-hybridized carbons (Fsp3) is 0.409. The number of likely N-dealkylation sites (N-methyl/N-ethyl adjacent to an activating group) is 1. The number of aromatic hydroxyl groups is 1. The van der Waals surface area contributed by atoms with Gasteiger partial charge in [-0.3, -0.25) is 4.99 Å². The van der Waals surface area contributed by atoms with Gasteiger partial charge in [0.1, 0.15) is 11.6 Å². The molecule has 0 saturated carbocycles. The first kappa shape index (κ1) is 20.9. The molecule has 1 unspecified atom stereocenters. The Hall–Kier alpha value is -2.80. The van der Waals surface area contributed by atoms with Crippen molar-refractivity contribution < 1.29 is 9.50 Å². The number of nitrogens with zero attached hydrogens (tertiary/aromatic N) is 4. The molecule has 0 radical (unpaired) electrons. The zero-order chi connectivity index (χ0) is 20.8. The van der Waals surface area contributed by atoms with E-state index in [0.717, 1.165) is 43.4 Å². The van der Waals surface area contributed by atoms with Gasteiger partial charge < -0.3 is 25.1 Å². The minimum atomic E-state index is -0.225. The van der Waals surface area contributed by atoms with Crippen LogP contribution in [0.4, 0.5) is 10.1 Å². The molecular weight excluding hydrogens is 369 g/mol. The summed E-state index contributed by atoms with van der Waals surface area (Å²) in [6.45, 7) is 3.93. The molecule has 3 rings (SSSR count). The molecule has 29 heavy (non-hydrogen) atoms. The van der Waals surface area contributed by atoms with Crippen LogP contribution in [0, 0.1) is 5.82 Å². The second kappa shape index (κ2) is 9.60. The number of piperazine rings is 1. The summed E-state index contributed by atoms with van der Waals surface area (Å²) in [5.74, 6) is 0.949. The average Bonchev–Trinajstić information content (AvgIpc) is 2.73. The smallest absolute Gasteiger partial charge is 0.193 e. The third-order valence-corrected chi connectivity index (χ3v) is 5.35. The lowest BCUT2D eigenvalue weighted by Crippen LogP contribution is -2.53. The van der Waals surface area contributed by atoms with Gasteiger partial charge in [-0.25, -0.2) is 4.39 Å². The van der Waals surface area contributed by atoms with Crippen LogP contribution in [0.2, 0.25) is 0 Å². The number of rotatable bonds is 5. The van der Waals surface area contributed by atoms with Crippen LogP contribution in [-0.2, 0) is 0 Å². The van der Waals surface area contributed by atoms with Gasteiger partial charge in [-0.2, -0.15) is 0 Å². The van der Waals surface area contributed by atoms with Gasteiger partial charge in [0, 0.05) is 39.8 Å². The fourth-order valence-electron chi connectivity index (χ4n) is 3.69. The molecular formula is C22H30FN5O. The molecule has 1 saturated heterocycles. The number of nitrogens with one attached hydrogen (secondary N) is 1. The average molecular weight is 400 g/mol. The van der Waals surface area contributed by atoms with Crippen molar-refractivity contribution in [1.29, 1.82) is 0 Å². The summed E-state index contributed by atoms with van der Waals surface area (Å²) in [6.07, 6.45) is 0. The van der Waals surface area contributed by atoms with E-state index >= 15 is 0 Å². The number of hydrogen-bond acceptors (Lipinski definition) is 4. The number of aliphatic imine (C=N–C) groups is 1. The topological polar surface area (TPSA) is 54.3 Å². The molecule has 6 nitrogen and oxygen atoms in total. The summed E-state index contributed by atoms with van der Waals surface area (Å²) in [4.78, 5) is 11.0. The third-order valence-electron chi connectivity index (χ3n) is 5.35. The molecule has 2 aromatic carbocycles. The molecule has 1 atom stereocenters. The van der Waals surface area contributed by atoms with Gasteiger partial charge in [-0.05, 0) is 43.9 Å². The van der Waals surface area contributed by atoms with Gasteiger partial charge >= 0.3 is 0 Å². The Balaban J connectivity index is 1.59. The molecule has 2 aromatic rings. The quantitative estimate of drug-likeness (QED) is 0.598. The number of para-hydroxylation sites is 2. The summed E-state index contributed by atoms with van der Waals surface area (Å²) in [5.41, 5.74) is 1.93. The Bertz CT molecular complexity index is 816. The SMILES string of the molecule is CN=C(NCC(c1ccc(F)cc1)N(C)C)N1CCN(c2ccccc2O)CC1.